The number of ether oxygens (including phenoxy) is 1. The number of benzene rings is 1. The monoisotopic (exact) mass is 317 g/mol. The van der Waals surface area contributed by atoms with Crippen LogP contribution in [0.25, 0.3) is 10.9 Å². The van der Waals surface area contributed by atoms with Crippen LogP contribution in [-0.2, 0) is 5.41 Å². The Morgan fingerprint density at radius 2 is 2.04 bits per heavy atom. The van der Waals surface area contributed by atoms with Crippen LogP contribution in [0.1, 0.15) is 46.7 Å². The van der Waals surface area contributed by atoms with Gasteiger partial charge in [0.2, 0.25) is 5.88 Å². The smallest absolute Gasteiger partial charge is 0.213 e. The number of hydrogen-bond acceptors (Lipinski definition) is 4. The van der Waals surface area contributed by atoms with Crippen LogP contribution in [0.2, 0.25) is 0 Å². The summed E-state index contributed by atoms with van der Waals surface area (Å²) in [5.41, 5.74) is 3.66. The molecule has 0 radical (unpaired) electrons. The molecule has 1 aliphatic carbocycles. The Labute approximate surface area is 138 Å². The van der Waals surface area contributed by atoms with E-state index in [9.17, 15) is 4.79 Å². The van der Waals surface area contributed by atoms with Crippen LogP contribution >= 0.6 is 0 Å². The first-order valence-electron chi connectivity index (χ1n) is 7.64. The molecule has 118 valence electrons. The van der Waals surface area contributed by atoms with Crippen LogP contribution in [0.3, 0.4) is 0 Å². The van der Waals surface area contributed by atoms with Crippen LogP contribution in [0.4, 0.5) is 0 Å². The highest BCUT2D eigenvalue weighted by Gasteiger charge is 2.41. The molecule has 0 saturated heterocycles. The van der Waals surface area contributed by atoms with E-state index in [0.29, 0.717) is 28.3 Å². The zero-order valence-corrected chi connectivity index (χ0v) is 13.6. The number of carbonyl (C=O) groups is 1. The van der Waals surface area contributed by atoms with Crippen molar-refractivity contribution < 1.29 is 9.53 Å². The largest absolute Gasteiger partial charge is 0.481 e. The molecule has 0 aliphatic heterocycles. The highest BCUT2D eigenvalue weighted by molar-refractivity contribution is 6.19. The predicted molar refractivity (Wildman–Crippen MR) is 89.4 cm³/mol. The topological polar surface area (TPSA) is 78.8 Å². The lowest BCUT2D eigenvalue weighted by molar-refractivity contribution is 0.103. The van der Waals surface area contributed by atoms with Gasteiger partial charge in [0.05, 0.1) is 30.0 Å². The van der Waals surface area contributed by atoms with Crippen LogP contribution in [0, 0.1) is 11.3 Å². The number of hydrogen-bond donors (Lipinski definition) is 1. The molecule has 0 saturated carbocycles. The normalized spacial score (nSPS) is 14.8. The fourth-order valence-electron chi connectivity index (χ4n) is 3.44. The van der Waals surface area contributed by atoms with Crippen LogP contribution in [0.15, 0.2) is 30.3 Å². The number of pyridine rings is 1. The summed E-state index contributed by atoms with van der Waals surface area (Å²) < 4.78 is 5.22. The number of H-pyrrole nitrogens is 1. The Hall–Kier alpha value is -3.13. The summed E-state index contributed by atoms with van der Waals surface area (Å²) in [6.07, 6.45) is 0. The highest BCUT2D eigenvalue weighted by Crippen LogP contribution is 2.43. The van der Waals surface area contributed by atoms with Crippen LogP contribution in [-0.4, -0.2) is 22.9 Å². The molecule has 5 heteroatoms. The van der Waals surface area contributed by atoms with Crippen LogP contribution < -0.4 is 4.74 Å². The van der Waals surface area contributed by atoms with Gasteiger partial charge in [0, 0.05) is 33.6 Å². The number of nitrogens with one attached hydrogen (secondary N) is 1. The molecule has 0 bridgehead atoms. The van der Waals surface area contributed by atoms with E-state index >= 15 is 0 Å². The summed E-state index contributed by atoms with van der Waals surface area (Å²) >= 11 is 0. The molecular formula is C19H15N3O2. The molecule has 24 heavy (non-hydrogen) atoms. The van der Waals surface area contributed by atoms with Gasteiger partial charge in [0.25, 0.3) is 0 Å². The Kier molecular flexibility index (Phi) is 2.82. The molecular weight excluding hydrogens is 302 g/mol. The van der Waals surface area contributed by atoms with Gasteiger partial charge in [-0.05, 0) is 32.0 Å². The zero-order valence-electron chi connectivity index (χ0n) is 13.6. The number of fused-ring (bicyclic) bond motifs is 4. The third-order valence-corrected chi connectivity index (χ3v) is 4.70. The van der Waals surface area contributed by atoms with E-state index < -0.39 is 5.41 Å². The number of rotatable bonds is 1. The van der Waals surface area contributed by atoms with Crippen molar-refractivity contribution in [2.45, 2.75) is 19.3 Å². The quantitative estimate of drug-likeness (QED) is 0.747. The molecule has 0 amide bonds. The Bertz CT molecular complexity index is 1050. The molecule has 1 aromatic carbocycles. The van der Waals surface area contributed by atoms with E-state index in [0.717, 1.165) is 16.6 Å². The van der Waals surface area contributed by atoms with Gasteiger partial charge in [-0.1, -0.05) is 6.07 Å². The highest BCUT2D eigenvalue weighted by atomic mass is 16.5. The minimum absolute atomic E-state index is 0.0505. The van der Waals surface area contributed by atoms with E-state index in [-0.39, 0.29) is 5.78 Å². The lowest BCUT2D eigenvalue weighted by Crippen LogP contribution is -2.31. The van der Waals surface area contributed by atoms with Crippen molar-refractivity contribution in [3.05, 3.63) is 58.4 Å². The second-order valence-corrected chi connectivity index (χ2v) is 6.45. The average Bonchev–Trinajstić information content (AvgIpc) is 2.99. The van der Waals surface area contributed by atoms with Crippen molar-refractivity contribution in [1.82, 2.24) is 9.97 Å². The summed E-state index contributed by atoms with van der Waals surface area (Å²) in [6.45, 7) is 4.06. The third-order valence-electron chi connectivity index (χ3n) is 4.70. The maximum Gasteiger partial charge on any atom is 0.213 e. The molecule has 0 unspecified atom stereocenters. The summed E-state index contributed by atoms with van der Waals surface area (Å²) in [4.78, 5) is 20.9. The third kappa shape index (κ3) is 1.74. The average molecular weight is 317 g/mol. The maximum atomic E-state index is 13.1. The molecule has 3 aromatic rings. The van der Waals surface area contributed by atoms with Crippen molar-refractivity contribution in [2.75, 3.05) is 7.11 Å². The Morgan fingerprint density at radius 1 is 1.25 bits per heavy atom. The molecule has 1 N–H and O–H groups in total. The lowest BCUT2D eigenvalue weighted by Gasteiger charge is -2.30. The predicted octanol–water partition coefficient (Wildman–Crippen LogP) is 3.31. The van der Waals surface area contributed by atoms with Gasteiger partial charge in [-0.3, -0.25) is 4.79 Å². The first-order valence-corrected chi connectivity index (χ1v) is 7.64. The molecule has 0 spiro atoms. The van der Waals surface area contributed by atoms with E-state index in [1.807, 2.05) is 19.9 Å². The number of carbonyl (C=O) groups excluding carboxylic acids is 1. The van der Waals surface area contributed by atoms with Crippen molar-refractivity contribution in [3.8, 4) is 11.9 Å². The lowest BCUT2D eigenvalue weighted by atomic mass is 9.74. The van der Waals surface area contributed by atoms with E-state index in [4.69, 9.17) is 10.00 Å². The number of nitrogens with zero attached hydrogens (tertiary/aromatic N) is 2. The van der Waals surface area contributed by atoms with Gasteiger partial charge < -0.3 is 9.72 Å². The number of aromatic amines is 1. The van der Waals surface area contributed by atoms with E-state index in [1.54, 1.807) is 31.4 Å². The van der Waals surface area contributed by atoms with Gasteiger partial charge in [-0.15, -0.1) is 0 Å². The number of nitriles is 1. The molecule has 5 nitrogen and oxygen atoms in total. The van der Waals surface area contributed by atoms with Gasteiger partial charge in [0.1, 0.15) is 0 Å². The second-order valence-electron chi connectivity index (χ2n) is 6.45. The van der Waals surface area contributed by atoms with Gasteiger partial charge in [0.15, 0.2) is 5.78 Å². The van der Waals surface area contributed by atoms with Crippen LogP contribution in [0.5, 0.6) is 5.88 Å². The number of ketones is 1. The second kappa shape index (κ2) is 4.68. The van der Waals surface area contributed by atoms with Gasteiger partial charge >= 0.3 is 0 Å². The van der Waals surface area contributed by atoms with Gasteiger partial charge in [-0.2, -0.15) is 5.26 Å². The Morgan fingerprint density at radius 3 is 2.75 bits per heavy atom. The summed E-state index contributed by atoms with van der Waals surface area (Å²) in [5.74, 6) is 0.436. The summed E-state index contributed by atoms with van der Waals surface area (Å²) in [5, 5.41) is 9.94. The standard InChI is InChI=1S/C19H15N3O2/c1-19(2)17-12(6-7-14(22-17)24-3)16(23)15-11-5-4-10(9-20)8-13(11)21-18(15)19/h4-8,21H,1-3H3. The van der Waals surface area contributed by atoms with Crippen molar-refractivity contribution in [3.63, 3.8) is 0 Å². The van der Waals surface area contributed by atoms with E-state index in [2.05, 4.69) is 16.0 Å². The molecule has 4 rings (SSSR count). The molecule has 2 heterocycles. The summed E-state index contributed by atoms with van der Waals surface area (Å²) in [6, 6.07) is 11.0. The zero-order chi connectivity index (χ0) is 17.1. The summed E-state index contributed by atoms with van der Waals surface area (Å²) in [7, 11) is 1.56. The van der Waals surface area contributed by atoms with Crippen molar-refractivity contribution in [1.29, 1.82) is 5.26 Å². The molecule has 0 fully saturated rings. The molecule has 2 aromatic heterocycles. The molecule has 1 aliphatic rings. The molecule has 0 atom stereocenters. The number of methoxy groups -OCH3 is 1. The Balaban J connectivity index is 2.06. The fourth-order valence-corrected chi connectivity index (χ4v) is 3.44. The first kappa shape index (κ1) is 14.5. The minimum atomic E-state index is -0.473. The number of aromatic nitrogens is 2. The van der Waals surface area contributed by atoms with Crippen molar-refractivity contribution in [2.24, 2.45) is 0 Å². The maximum absolute atomic E-state index is 13.1. The van der Waals surface area contributed by atoms with Crippen molar-refractivity contribution >= 4 is 16.7 Å². The van der Waals surface area contributed by atoms with Gasteiger partial charge in [-0.25, -0.2) is 4.98 Å². The minimum Gasteiger partial charge on any atom is -0.481 e. The fraction of sp³-hybridized carbons (Fsp3) is 0.211. The first-order chi connectivity index (χ1) is 11.5. The SMILES string of the molecule is COc1ccc2c(n1)C(C)(C)c1[nH]c3cc(C#N)ccc3c1C2=O. The van der Waals surface area contributed by atoms with E-state index in [1.165, 1.54) is 0 Å².